The topological polar surface area (TPSA) is 38.7 Å². The number of rotatable bonds is 8. The van der Waals surface area contributed by atoms with E-state index in [2.05, 4.69) is 177 Å². The van der Waals surface area contributed by atoms with E-state index in [1.807, 2.05) is 24.3 Å². The number of hydrogen-bond acceptors (Lipinski definition) is 3. The quantitative estimate of drug-likeness (QED) is 0.158. The summed E-state index contributed by atoms with van der Waals surface area (Å²) in [6, 6.07) is 61.7. The van der Waals surface area contributed by atoms with Crippen LogP contribution in [0.3, 0.4) is 0 Å². The molecule has 0 aliphatic heterocycles. The lowest BCUT2D eigenvalue weighted by Gasteiger charge is -2.24. The fourth-order valence-electron chi connectivity index (χ4n) is 7.64. The van der Waals surface area contributed by atoms with Crippen molar-refractivity contribution in [1.82, 2.24) is 15.0 Å². The van der Waals surface area contributed by atoms with Gasteiger partial charge in [0.15, 0.2) is 17.5 Å². The van der Waals surface area contributed by atoms with Crippen LogP contribution in [-0.2, 0) is 0 Å². The molecule has 1 heterocycles. The number of benzene rings is 7. The van der Waals surface area contributed by atoms with E-state index in [0.29, 0.717) is 17.5 Å². The van der Waals surface area contributed by atoms with Crippen molar-refractivity contribution < 1.29 is 0 Å². The minimum Gasteiger partial charge on any atom is -0.208 e. The number of hydrogen-bond donors (Lipinski definition) is 0. The van der Waals surface area contributed by atoms with Crippen molar-refractivity contribution in [3.05, 3.63) is 205 Å². The third-order valence-corrected chi connectivity index (χ3v) is 10.3. The van der Waals surface area contributed by atoms with Gasteiger partial charge in [-0.15, -0.1) is 0 Å². The van der Waals surface area contributed by atoms with Crippen LogP contribution < -0.4 is 0 Å². The summed E-state index contributed by atoms with van der Waals surface area (Å²) in [5, 5.41) is 0. The number of allylic oxidation sites excluding steroid dienone is 4. The first-order valence-corrected chi connectivity index (χ1v) is 18.9. The van der Waals surface area contributed by atoms with Gasteiger partial charge < -0.3 is 0 Å². The molecule has 262 valence electrons. The Kier molecular flexibility index (Phi) is 9.34. The van der Waals surface area contributed by atoms with Crippen molar-refractivity contribution in [3.63, 3.8) is 0 Å². The second-order valence-electron chi connectivity index (χ2n) is 13.9. The molecule has 9 rings (SSSR count). The predicted molar refractivity (Wildman–Crippen MR) is 229 cm³/mol. The summed E-state index contributed by atoms with van der Waals surface area (Å²) in [7, 11) is 0. The highest BCUT2D eigenvalue weighted by atomic mass is 15.0. The normalized spacial score (nSPS) is 12.3. The Bertz CT molecular complexity index is 2680. The van der Waals surface area contributed by atoms with Crippen molar-refractivity contribution in [2.75, 3.05) is 0 Å². The molecule has 1 aromatic heterocycles. The van der Waals surface area contributed by atoms with Gasteiger partial charge in [0.25, 0.3) is 0 Å². The summed E-state index contributed by atoms with van der Waals surface area (Å²) in [5.74, 6) is 1.91. The fourth-order valence-corrected chi connectivity index (χ4v) is 7.64. The summed E-state index contributed by atoms with van der Waals surface area (Å²) >= 11 is 0. The maximum Gasteiger partial charge on any atom is 0.164 e. The molecule has 0 unspecified atom stereocenters. The van der Waals surface area contributed by atoms with Gasteiger partial charge in [-0.3, -0.25) is 0 Å². The monoisotopic (exact) mass is 705 g/mol. The highest BCUT2D eigenvalue weighted by Gasteiger charge is 2.22. The Balaban J connectivity index is 1.26. The first-order chi connectivity index (χ1) is 27.2. The van der Waals surface area contributed by atoms with E-state index in [9.17, 15) is 0 Å². The lowest BCUT2D eigenvalue weighted by atomic mass is 9.80. The molecule has 0 fully saturated rings. The Morgan fingerprint density at radius 3 is 1.42 bits per heavy atom. The van der Waals surface area contributed by atoms with Gasteiger partial charge >= 0.3 is 0 Å². The van der Waals surface area contributed by atoms with Crippen LogP contribution in [0.2, 0.25) is 0 Å². The zero-order valence-electron chi connectivity index (χ0n) is 30.7. The summed E-state index contributed by atoms with van der Waals surface area (Å²) in [6.45, 7) is 2.28. The van der Waals surface area contributed by atoms with Crippen LogP contribution in [0.5, 0.6) is 0 Å². The lowest BCUT2D eigenvalue weighted by molar-refractivity contribution is 1.04. The Morgan fingerprint density at radius 2 is 0.836 bits per heavy atom. The highest BCUT2D eigenvalue weighted by molar-refractivity contribution is 5.99. The van der Waals surface area contributed by atoms with Crippen LogP contribution in [0.25, 0.3) is 84.2 Å². The fraction of sp³-hybridized carbons (Fsp3) is 0.0577. The molecule has 0 saturated carbocycles. The van der Waals surface area contributed by atoms with Crippen LogP contribution in [0, 0.1) is 6.92 Å². The molecule has 0 atom stereocenters. The van der Waals surface area contributed by atoms with E-state index in [-0.39, 0.29) is 0 Å². The maximum atomic E-state index is 5.18. The standard InChI is InChI=1S/C52H39N3/c1-36-46(38-21-9-3-10-22-38)35-47(49(40-25-13-5-14-26-40)48(36)39-23-11-4-12-24-39)43-30-18-32-45(34-43)52-54-50(41-27-15-6-16-28-41)53-51(55-52)44-31-17-29-42(33-44)37-19-7-2-8-20-37/h2-3,5-11,13-35H,4,12H2,1H3. The zero-order chi connectivity index (χ0) is 37.0. The van der Waals surface area contributed by atoms with Crippen molar-refractivity contribution in [1.29, 1.82) is 0 Å². The number of aromatic nitrogens is 3. The molecule has 1 aliphatic carbocycles. The van der Waals surface area contributed by atoms with Crippen LogP contribution in [-0.4, -0.2) is 15.0 Å². The summed E-state index contributed by atoms with van der Waals surface area (Å²) in [4.78, 5) is 15.4. The zero-order valence-corrected chi connectivity index (χ0v) is 30.7. The van der Waals surface area contributed by atoms with Crippen LogP contribution in [0.4, 0.5) is 0 Å². The minimum atomic E-state index is 0.630. The SMILES string of the molecule is Cc1c(-c2ccccc2)cc(-c2cccc(-c3nc(-c4ccccc4)nc(-c4cccc(-c5ccccc5)c4)n3)c2)c(-c2ccccc2)c1C1=CCCC=C1. The predicted octanol–water partition coefficient (Wildman–Crippen LogP) is 13.6. The van der Waals surface area contributed by atoms with Crippen LogP contribution in [0.15, 0.2) is 194 Å². The van der Waals surface area contributed by atoms with E-state index < -0.39 is 0 Å². The highest BCUT2D eigenvalue weighted by Crippen LogP contribution is 2.45. The molecular formula is C52H39N3. The molecule has 8 aromatic rings. The molecule has 55 heavy (non-hydrogen) atoms. The van der Waals surface area contributed by atoms with E-state index in [0.717, 1.165) is 46.2 Å². The molecule has 0 amide bonds. The summed E-state index contributed by atoms with van der Waals surface area (Å²) < 4.78 is 0. The largest absolute Gasteiger partial charge is 0.208 e. The first kappa shape index (κ1) is 33.8. The molecule has 7 aromatic carbocycles. The van der Waals surface area contributed by atoms with Crippen molar-refractivity contribution in [3.8, 4) is 78.7 Å². The van der Waals surface area contributed by atoms with Gasteiger partial charge in [-0.2, -0.15) is 0 Å². The molecule has 0 bridgehead atoms. The van der Waals surface area contributed by atoms with Crippen molar-refractivity contribution in [2.24, 2.45) is 0 Å². The van der Waals surface area contributed by atoms with Crippen molar-refractivity contribution in [2.45, 2.75) is 19.8 Å². The average molecular weight is 706 g/mol. The Labute approximate surface area is 323 Å². The maximum absolute atomic E-state index is 5.18. The van der Waals surface area contributed by atoms with Gasteiger partial charge in [0.1, 0.15) is 0 Å². The minimum absolute atomic E-state index is 0.630. The second-order valence-corrected chi connectivity index (χ2v) is 13.9. The van der Waals surface area contributed by atoms with E-state index in [1.165, 1.54) is 44.5 Å². The van der Waals surface area contributed by atoms with Gasteiger partial charge in [0.05, 0.1) is 0 Å². The van der Waals surface area contributed by atoms with Gasteiger partial charge in [-0.1, -0.05) is 176 Å². The molecule has 0 spiro atoms. The molecule has 1 aliphatic rings. The first-order valence-electron chi connectivity index (χ1n) is 18.9. The van der Waals surface area contributed by atoms with E-state index in [4.69, 9.17) is 15.0 Å². The van der Waals surface area contributed by atoms with E-state index in [1.54, 1.807) is 0 Å². The molecule has 0 saturated heterocycles. The Hall–Kier alpha value is -6.97. The van der Waals surface area contributed by atoms with Gasteiger partial charge in [0.2, 0.25) is 0 Å². The average Bonchev–Trinajstić information content (AvgIpc) is 3.27. The Morgan fingerprint density at radius 1 is 0.364 bits per heavy atom. The van der Waals surface area contributed by atoms with Crippen LogP contribution in [0.1, 0.15) is 24.0 Å². The third kappa shape index (κ3) is 6.96. The summed E-state index contributed by atoms with van der Waals surface area (Å²) in [5.41, 5.74) is 16.0. The molecule has 3 nitrogen and oxygen atoms in total. The molecule has 0 N–H and O–H groups in total. The second kappa shape index (κ2) is 15.2. The smallest absolute Gasteiger partial charge is 0.164 e. The van der Waals surface area contributed by atoms with Gasteiger partial charge in [-0.25, -0.2) is 15.0 Å². The van der Waals surface area contributed by atoms with Crippen LogP contribution >= 0.6 is 0 Å². The molecule has 0 radical (unpaired) electrons. The van der Waals surface area contributed by atoms with Gasteiger partial charge in [-0.05, 0) is 99.2 Å². The van der Waals surface area contributed by atoms with E-state index >= 15 is 0 Å². The summed E-state index contributed by atoms with van der Waals surface area (Å²) in [6.07, 6.45) is 9.09. The van der Waals surface area contributed by atoms with Crippen molar-refractivity contribution >= 4 is 5.57 Å². The molecule has 3 heteroatoms. The third-order valence-electron chi connectivity index (χ3n) is 10.3. The van der Waals surface area contributed by atoms with Gasteiger partial charge in [0, 0.05) is 16.7 Å². The lowest BCUT2D eigenvalue weighted by Crippen LogP contribution is -2.02. The molecular weight excluding hydrogens is 667 g/mol. The number of nitrogens with zero attached hydrogens (tertiary/aromatic N) is 3.